The second-order valence-corrected chi connectivity index (χ2v) is 4.39. The average Bonchev–Trinajstić information content (AvgIpc) is 2.84. The van der Waals surface area contributed by atoms with Gasteiger partial charge in [-0.1, -0.05) is 20.3 Å². The van der Waals surface area contributed by atoms with Crippen molar-refractivity contribution in [2.45, 2.75) is 33.2 Å². The van der Waals surface area contributed by atoms with E-state index in [2.05, 4.69) is 5.32 Å². The standard InChI is InChI=1S/C13H17NO5/c1-4-7(2)11(13(17)18)14-12(16)10-6-5-9(19-10)8(3)15/h5-7,11H,4H2,1-3H3,(H,14,16)(H,17,18)/t7-,11-/m0/s1. The summed E-state index contributed by atoms with van der Waals surface area (Å²) in [5, 5.41) is 11.5. The van der Waals surface area contributed by atoms with E-state index < -0.39 is 17.9 Å². The SMILES string of the molecule is CC[C@H](C)[C@H](NC(=O)c1ccc(C(C)=O)o1)C(=O)O. The Morgan fingerprint density at radius 3 is 2.32 bits per heavy atom. The highest BCUT2D eigenvalue weighted by Gasteiger charge is 2.26. The number of Topliss-reactive ketones (excluding diaryl/α,β-unsaturated/α-hetero) is 1. The van der Waals surface area contributed by atoms with E-state index in [1.807, 2.05) is 6.92 Å². The number of carboxylic acids is 1. The molecule has 1 rings (SSSR count). The monoisotopic (exact) mass is 267 g/mol. The maximum atomic E-state index is 11.8. The maximum absolute atomic E-state index is 11.8. The number of hydrogen-bond acceptors (Lipinski definition) is 4. The van der Waals surface area contributed by atoms with Gasteiger partial charge in [0.1, 0.15) is 6.04 Å². The molecule has 1 aromatic rings. The minimum Gasteiger partial charge on any atom is -0.480 e. The fourth-order valence-electron chi connectivity index (χ4n) is 1.54. The van der Waals surface area contributed by atoms with E-state index in [0.717, 1.165) is 0 Å². The molecule has 6 heteroatoms. The van der Waals surface area contributed by atoms with Crippen molar-refractivity contribution in [2.24, 2.45) is 5.92 Å². The van der Waals surface area contributed by atoms with Crippen molar-refractivity contribution >= 4 is 17.7 Å². The number of carbonyl (C=O) groups excluding carboxylic acids is 2. The Hall–Kier alpha value is -2.11. The van der Waals surface area contributed by atoms with E-state index in [9.17, 15) is 14.4 Å². The molecule has 0 aliphatic heterocycles. The van der Waals surface area contributed by atoms with Crippen LogP contribution < -0.4 is 5.32 Å². The minimum absolute atomic E-state index is 0.0697. The lowest BCUT2D eigenvalue weighted by molar-refractivity contribution is -0.140. The van der Waals surface area contributed by atoms with E-state index in [0.29, 0.717) is 6.42 Å². The van der Waals surface area contributed by atoms with Crippen LogP contribution in [0.4, 0.5) is 0 Å². The first-order chi connectivity index (χ1) is 8.86. The third-order valence-electron chi connectivity index (χ3n) is 2.94. The number of carboxylic acid groups (broad SMARTS) is 1. The van der Waals surface area contributed by atoms with Crippen molar-refractivity contribution in [3.05, 3.63) is 23.7 Å². The van der Waals surface area contributed by atoms with Crippen LogP contribution in [0.2, 0.25) is 0 Å². The smallest absolute Gasteiger partial charge is 0.326 e. The molecule has 0 bridgehead atoms. The first kappa shape index (κ1) is 14.9. The zero-order valence-electron chi connectivity index (χ0n) is 11.1. The molecule has 0 aliphatic rings. The van der Waals surface area contributed by atoms with Gasteiger partial charge in [0.15, 0.2) is 17.3 Å². The van der Waals surface area contributed by atoms with E-state index in [1.165, 1.54) is 19.1 Å². The van der Waals surface area contributed by atoms with Gasteiger partial charge in [-0.2, -0.15) is 0 Å². The van der Waals surface area contributed by atoms with Crippen LogP contribution in [0.5, 0.6) is 0 Å². The van der Waals surface area contributed by atoms with Crippen molar-refractivity contribution < 1.29 is 23.9 Å². The zero-order chi connectivity index (χ0) is 14.6. The van der Waals surface area contributed by atoms with Crippen LogP contribution in [0.25, 0.3) is 0 Å². The second-order valence-electron chi connectivity index (χ2n) is 4.39. The molecule has 0 aromatic carbocycles. The van der Waals surface area contributed by atoms with Crippen LogP contribution in [-0.4, -0.2) is 28.8 Å². The van der Waals surface area contributed by atoms with Gasteiger partial charge >= 0.3 is 5.97 Å². The molecule has 2 atom stereocenters. The number of ketones is 1. The molecular formula is C13H17NO5. The summed E-state index contributed by atoms with van der Waals surface area (Å²) in [5.41, 5.74) is 0. The summed E-state index contributed by atoms with van der Waals surface area (Å²) in [7, 11) is 0. The van der Waals surface area contributed by atoms with E-state index in [1.54, 1.807) is 6.92 Å². The highest BCUT2D eigenvalue weighted by atomic mass is 16.4. The van der Waals surface area contributed by atoms with Crippen molar-refractivity contribution in [1.29, 1.82) is 0 Å². The Balaban J connectivity index is 2.81. The molecule has 0 aliphatic carbocycles. The summed E-state index contributed by atoms with van der Waals surface area (Å²) in [6.45, 7) is 4.90. The van der Waals surface area contributed by atoms with E-state index in [-0.39, 0.29) is 23.2 Å². The van der Waals surface area contributed by atoms with Crippen LogP contribution >= 0.6 is 0 Å². The average molecular weight is 267 g/mol. The summed E-state index contributed by atoms with van der Waals surface area (Å²) in [6, 6.07) is 1.75. The molecular weight excluding hydrogens is 250 g/mol. The molecule has 0 fully saturated rings. The first-order valence-corrected chi connectivity index (χ1v) is 6.01. The van der Waals surface area contributed by atoms with Crippen molar-refractivity contribution in [3.63, 3.8) is 0 Å². The van der Waals surface area contributed by atoms with Gasteiger partial charge in [0.25, 0.3) is 5.91 Å². The topological polar surface area (TPSA) is 96.6 Å². The van der Waals surface area contributed by atoms with Gasteiger partial charge in [-0.3, -0.25) is 9.59 Å². The summed E-state index contributed by atoms with van der Waals surface area (Å²) >= 11 is 0. The highest BCUT2D eigenvalue weighted by molar-refractivity contribution is 5.97. The van der Waals surface area contributed by atoms with Crippen LogP contribution in [0.3, 0.4) is 0 Å². The quantitative estimate of drug-likeness (QED) is 0.765. The number of nitrogens with one attached hydrogen (secondary N) is 1. The largest absolute Gasteiger partial charge is 0.480 e. The van der Waals surface area contributed by atoms with E-state index in [4.69, 9.17) is 9.52 Å². The van der Waals surface area contributed by atoms with Gasteiger partial charge in [0.05, 0.1) is 0 Å². The van der Waals surface area contributed by atoms with Gasteiger partial charge < -0.3 is 14.8 Å². The Bertz CT molecular complexity index is 491. The number of carbonyl (C=O) groups is 3. The lowest BCUT2D eigenvalue weighted by Gasteiger charge is -2.19. The molecule has 1 aromatic heterocycles. The van der Waals surface area contributed by atoms with Crippen LogP contribution in [0.15, 0.2) is 16.5 Å². The van der Waals surface area contributed by atoms with Crippen LogP contribution in [0.1, 0.15) is 48.3 Å². The van der Waals surface area contributed by atoms with Crippen LogP contribution in [-0.2, 0) is 4.79 Å². The Kier molecular flexibility index (Phi) is 4.86. The molecule has 2 N–H and O–H groups in total. The van der Waals surface area contributed by atoms with Gasteiger partial charge in [-0.25, -0.2) is 4.79 Å². The van der Waals surface area contributed by atoms with Crippen molar-refractivity contribution in [3.8, 4) is 0 Å². The maximum Gasteiger partial charge on any atom is 0.326 e. The van der Waals surface area contributed by atoms with Gasteiger partial charge in [-0.05, 0) is 18.1 Å². The van der Waals surface area contributed by atoms with Gasteiger partial charge in [-0.15, -0.1) is 0 Å². The predicted octanol–water partition coefficient (Wildman–Crippen LogP) is 1.71. The van der Waals surface area contributed by atoms with Gasteiger partial charge in [0, 0.05) is 6.92 Å². The number of hydrogen-bond donors (Lipinski definition) is 2. The summed E-state index contributed by atoms with van der Waals surface area (Å²) in [6.07, 6.45) is 0.619. The van der Waals surface area contributed by atoms with Crippen LogP contribution in [0, 0.1) is 5.92 Å². The molecule has 0 saturated carbocycles. The fourth-order valence-corrected chi connectivity index (χ4v) is 1.54. The third kappa shape index (κ3) is 3.67. The lowest BCUT2D eigenvalue weighted by Crippen LogP contribution is -2.44. The first-order valence-electron chi connectivity index (χ1n) is 6.01. The number of rotatable bonds is 6. The minimum atomic E-state index is -1.10. The molecule has 19 heavy (non-hydrogen) atoms. The number of aliphatic carboxylic acids is 1. The molecule has 104 valence electrons. The molecule has 0 radical (unpaired) electrons. The second kappa shape index (κ2) is 6.17. The molecule has 6 nitrogen and oxygen atoms in total. The summed E-state index contributed by atoms with van der Waals surface area (Å²) in [5.74, 6) is -2.24. The molecule has 1 amide bonds. The fraction of sp³-hybridized carbons (Fsp3) is 0.462. The third-order valence-corrected chi connectivity index (χ3v) is 2.94. The zero-order valence-corrected chi connectivity index (χ0v) is 11.1. The molecule has 0 unspecified atom stereocenters. The lowest BCUT2D eigenvalue weighted by atomic mass is 9.99. The molecule has 1 heterocycles. The Morgan fingerprint density at radius 1 is 1.32 bits per heavy atom. The highest BCUT2D eigenvalue weighted by Crippen LogP contribution is 2.12. The predicted molar refractivity (Wildman–Crippen MR) is 67.1 cm³/mol. The normalized spacial score (nSPS) is 13.6. The van der Waals surface area contributed by atoms with Gasteiger partial charge in [0.2, 0.25) is 0 Å². The molecule has 0 spiro atoms. The van der Waals surface area contributed by atoms with E-state index >= 15 is 0 Å². The van der Waals surface area contributed by atoms with Crippen molar-refractivity contribution in [2.75, 3.05) is 0 Å². The van der Waals surface area contributed by atoms with Crippen molar-refractivity contribution in [1.82, 2.24) is 5.32 Å². The Labute approximate surface area is 110 Å². The number of furan rings is 1. The number of amides is 1. The summed E-state index contributed by atoms with van der Waals surface area (Å²) < 4.78 is 5.05. The summed E-state index contributed by atoms with van der Waals surface area (Å²) in [4.78, 5) is 34.0. The Morgan fingerprint density at radius 2 is 1.89 bits per heavy atom. The molecule has 0 saturated heterocycles.